The van der Waals surface area contributed by atoms with E-state index in [9.17, 15) is 4.79 Å². The molecule has 0 aliphatic rings. The Morgan fingerprint density at radius 1 is 1.53 bits per heavy atom. The molecule has 0 atom stereocenters. The van der Waals surface area contributed by atoms with E-state index in [0.29, 0.717) is 27.3 Å². The Bertz CT molecular complexity index is 534. The number of carbonyl (C=O) groups excluding carboxylic acids is 1. The molecule has 0 aliphatic heterocycles. The van der Waals surface area contributed by atoms with Gasteiger partial charge in [-0.3, -0.25) is 9.48 Å². The van der Waals surface area contributed by atoms with Crippen LogP contribution in [0.25, 0.3) is 0 Å². The molecule has 7 heteroatoms. The maximum atomic E-state index is 12.0. The Labute approximate surface area is 106 Å². The number of aryl methyl sites for hydroxylation is 3. The van der Waals surface area contributed by atoms with Crippen LogP contribution >= 0.6 is 15.9 Å². The zero-order valence-corrected chi connectivity index (χ0v) is 11.2. The van der Waals surface area contributed by atoms with Crippen LogP contribution in [0.5, 0.6) is 0 Å². The summed E-state index contributed by atoms with van der Waals surface area (Å²) in [7, 11) is 1.70. The largest absolute Gasteiger partial charge is 0.359 e. The highest BCUT2D eigenvalue weighted by molar-refractivity contribution is 9.10. The molecule has 0 bridgehead atoms. The van der Waals surface area contributed by atoms with E-state index >= 15 is 0 Å². The van der Waals surface area contributed by atoms with Crippen molar-refractivity contribution < 1.29 is 9.32 Å². The summed E-state index contributed by atoms with van der Waals surface area (Å²) in [5, 5.41) is 10.5. The van der Waals surface area contributed by atoms with Crippen molar-refractivity contribution in [2.75, 3.05) is 5.32 Å². The van der Waals surface area contributed by atoms with Gasteiger partial charge in [-0.1, -0.05) is 5.16 Å². The summed E-state index contributed by atoms with van der Waals surface area (Å²) in [6, 6.07) is 0. The fourth-order valence-electron chi connectivity index (χ4n) is 1.50. The number of amides is 1. The average Bonchev–Trinajstić information content (AvgIpc) is 2.75. The molecule has 90 valence electrons. The first-order valence-corrected chi connectivity index (χ1v) is 5.71. The molecule has 0 radical (unpaired) electrons. The summed E-state index contributed by atoms with van der Waals surface area (Å²) in [6.45, 7) is 3.51. The number of carbonyl (C=O) groups is 1. The smallest absolute Gasteiger partial charge is 0.275 e. The number of halogens is 1. The van der Waals surface area contributed by atoms with Gasteiger partial charge in [0.2, 0.25) is 0 Å². The molecular weight excluding hydrogens is 288 g/mol. The third-order valence-electron chi connectivity index (χ3n) is 2.38. The van der Waals surface area contributed by atoms with Gasteiger partial charge in [-0.25, -0.2) is 0 Å². The van der Waals surface area contributed by atoms with Gasteiger partial charge < -0.3 is 9.84 Å². The molecule has 17 heavy (non-hydrogen) atoms. The first kappa shape index (κ1) is 11.8. The number of anilines is 1. The van der Waals surface area contributed by atoms with Crippen molar-refractivity contribution >= 4 is 27.5 Å². The summed E-state index contributed by atoms with van der Waals surface area (Å²) in [6.07, 6.45) is 1.57. The number of nitrogens with one attached hydrogen (secondary N) is 1. The lowest BCUT2D eigenvalue weighted by atomic mass is 10.3. The third kappa shape index (κ3) is 2.10. The van der Waals surface area contributed by atoms with Gasteiger partial charge in [0.1, 0.15) is 17.1 Å². The zero-order chi connectivity index (χ0) is 12.6. The molecule has 0 aliphatic carbocycles. The predicted octanol–water partition coefficient (Wildman–Crippen LogP) is 2.04. The maximum absolute atomic E-state index is 12.0. The second kappa shape index (κ2) is 4.33. The summed E-state index contributed by atoms with van der Waals surface area (Å²) in [4.78, 5) is 12.0. The highest BCUT2D eigenvalue weighted by atomic mass is 79.9. The lowest BCUT2D eigenvalue weighted by Gasteiger charge is -2.05. The molecular formula is C10H11BrN4O2. The summed E-state index contributed by atoms with van der Waals surface area (Å²) >= 11 is 3.28. The van der Waals surface area contributed by atoms with Crippen molar-refractivity contribution in [2.45, 2.75) is 13.8 Å². The van der Waals surface area contributed by atoms with Crippen molar-refractivity contribution in [3.8, 4) is 0 Å². The fourth-order valence-corrected chi connectivity index (χ4v) is 2.03. The highest BCUT2D eigenvalue weighted by Crippen LogP contribution is 2.21. The second-order valence-electron chi connectivity index (χ2n) is 3.62. The summed E-state index contributed by atoms with van der Waals surface area (Å²) in [5.41, 5.74) is 1.70. The van der Waals surface area contributed by atoms with Gasteiger partial charge in [0, 0.05) is 7.05 Å². The molecule has 1 N–H and O–H groups in total. The third-order valence-corrected chi connectivity index (χ3v) is 2.96. The van der Waals surface area contributed by atoms with Gasteiger partial charge in [-0.05, 0) is 29.8 Å². The molecule has 2 aromatic rings. The van der Waals surface area contributed by atoms with Crippen LogP contribution in [0, 0.1) is 13.8 Å². The van der Waals surface area contributed by atoms with Gasteiger partial charge in [-0.2, -0.15) is 5.10 Å². The quantitative estimate of drug-likeness (QED) is 0.921. The van der Waals surface area contributed by atoms with Crippen LogP contribution in [-0.2, 0) is 7.05 Å². The normalized spacial score (nSPS) is 10.6. The minimum absolute atomic E-state index is 0.258. The molecule has 0 spiro atoms. The monoisotopic (exact) mass is 298 g/mol. The van der Waals surface area contributed by atoms with E-state index in [0.717, 1.165) is 0 Å². The standard InChI is InChI=1S/C10H11BrN4O2/c1-5-8(6(2)17-14-5)13-10(16)9-7(11)4-12-15(9)3/h4H,1-3H3,(H,13,16). The topological polar surface area (TPSA) is 73.0 Å². The van der Waals surface area contributed by atoms with E-state index in [1.165, 1.54) is 4.68 Å². The van der Waals surface area contributed by atoms with Crippen LogP contribution in [0.15, 0.2) is 15.2 Å². The van der Waals surface area contributed by atoms with Crippen molar-refractivity contribution in [1.29, 1.82) is 0 Å². The van der Waals surface area contributed by atoms with Gasteiger partial charge in [-0.15, -0.1) is 0 Å². The van der Waals surface area contributed by atoms with E-state index < -0.39 is 0 Å². The molecule has 0 saturated heterocycles. The van der Waals surface area contributed by atoms with Crippen LogP contribution in [0.2, 0.25) is 0 Å². The van der Waals surface area contributed by atoms with Gasteiger partial charge >= 0.3 is 0 Å². The predicted molar refractivity (Wildman–Crippen MR) is 64.8 cm³/mol. The van der Waals surface area contributed by atoms with E-state index in [1.54, 1.807) is 27.1 Å². The second-order valence-corrected chi connectivity index (χ2v) is 4.47. The molecule has 0 unspecified atom stereocenters. The molecule has 0 saturated carbocycles. The molecule has 2 rings (SSSR count). The molecule has 0 aromatic carbocycles. The zero-order valence-electron chi connectivity index (χ0n) is 9.61. The Morgan fingerprint density at radius 2 is 2.24 bits per heavy atom. The number of hydrogen-bond acceptors (Lipinski definition) is 4. The van der Waals surface area contributed by atoms with E-state index in [2.05, 4.69) is 31.5 Å². The SMILES string of the molecule is Cc1noc(C)c1NC(=O)c1c(Br)cnn1C. The molecule has 0 fully saturated rings. The summed E-state index contributed by atoms with van der Waals surface area (Å²) in [5.74, 6) is 0.320. The van der Waals surface area contributed by atoms with Crippen LogP contribution in [-0.4, -0.2) is 20.8 Å². The Hall–Kier alpha value is -1.63. The van der Waals surface area contributed by atoms with Crippen molar-refractivity contribution in [2.24, 2.45) is 7.05 Å². The van der Waals surface area contributed by atoms with Gasteiger partial charge in [0.15, 0.2) is 5.76 Å². The molecule has 2 heterocycles. The number of hydrogen-bond donors (Lipinski definition) is 1. The molecule has 1 amide bonds. The minimum atomic E-state index is -0.258. The van der Waals surface area contributed by atoms with Crippen LogP contribution in [0.1, 0.15) is 21.9 Å². The van der Waals surface area contributed by atoms with E-state index in [1.807, 2.05) is 0 Å². The number of aromatic nitrogens is 3. The molecule has 6 nitrogen and oxygen atoms in total. The van der Waals surface area contributed by atoms with Gasteiger partial charge in [0.25, 0.3) is 5.91 Å². The average molecular weight is 299 g/mol. The Kier molecular flexibility index (Phi) is 3.01. The molecule has 2 aromatic heterocycles. The maximum Gasteiger partial charge on any atom is 0.275 e. The van der Waals surface area contributed by atoms with Crippen molar-refractivity contribution in [3.63, 3.8) is 0 Å². The van der Waals surface area contributed by atoms with Gasteiger partial charge in [0.05, 0.1) is 10.7 Å². The summed E-state index contributed by atoms with van der Waals surface area (Å²) < 4.78 is 7.12. The van der Waals surface area contributed by atoms with Crippen LogP contribution < -0.4 is 5.32 Å². The first-order chi connectivity index (χ1) is 8.00. The van der Waals surface area contributed by atoms with Crippen molar-refractivity contribution in [3.05, 3.63) is 27.8 Å². The Morgan fingerprint density at radius 3 is 2.71 bits per heavy atom. The fraction of sp³-hybridized carbons (Fsp3) is 0.300. The van der Waals surface area contributed by atoms with Crippen LogP contribution in [0.3, 0.4) is 0 Å². The minimum Gasteiger partial charge on any atom is -0.359 e. The van der Waals surface area contributed by atoms with Crippen molar-refractivity contribution in [1.82, 2.24) is 14.9 Å². The number of rotatable bonds is 2. The lowest BCUT2D eigenvalue weighted by molar-refractivity contribution is 0.101. The lowest BCUT2D eigenvalue weighted by Crippen LogP contribution is -2.17. The highest BCUT2D eigenvalue weighted by Gasteiger charge is 2.18. The van der Waals surface area contributed by atoms with E-state index in [4.69, 9.17) is 4.52 Å². The number of nitrogens with zero attached hydrogens (tertiary/aromatic N) is 3. The first-order valence-electron chi connectivity index (χ1n) is 4.92. The Balaban J connectivity index is 2.29. The van der Waals surface area contributed by atoms with Crippen LogP contribution in [0.4, 0.5) is 5.69 Å². The van der Waals surface area contributed by atoms with E-state index in [-0.39, 0.29) is 5.91 Å².